The lowest BCUT2D eigenvalue weighted by Gasteiger charge is -2.28. The number of carboxylic acids is 1. The van der Waals surface area contributed by atoms with Crippen LogP contribution in [0.25, 0.3) is 0 Å². The van der Waals surface area contributed by atoms with E-state index in [1.54, 1.807) is 13.8 Å². The maximum Gasteiger partial charge on any atom is 0.327 e. The van der Waals surface area contributed by atoms with Crippen molar-refractivity contribution in [3.05, 3.63) is 0 Å². The molecule has 1 rings (SSSR count). The van der Waals surface area contributed by atoms with E-state index in [1.165, 1.54) is 0 Å². The first-order valence-corrected chi connectivity index (χ1v) is 7.51. The van der Waals surface area contributed by atoms with Crippen LogP contribution in [-0.4, -0.2) is 64.0 Å². The minimum atomic E-state index is -1.25. The predicted octanol–water partition coefficient (Wildman–Crippen LogP) is -1.51. The summed E-state index contributed by atoms with van der Waals surface area (Å²) in [5.74, 6) is -2.39. The highest BCUT2D eigenvalue weighted by molar-refractivity contribution is 7.81. The number of carbonyl (C=O) groups is 3. The van der Waals surface area contributed by atoms with Crippen molar-refractivity contribution in [1.82, 2.24) is 16.0 Å². The highest BCUT2D eigenvalue weighted by Crippen LogP contribution is 2.18. The van der Waals surface area contributed by atoms with Crippen LogP contribution in [0.1, 0.15) is 26.7 Å². The Bertz CT molecular complexity index is 432. The number of carbonyl (C=O) groups excluding carboxylic acids is 2. The summed E-state index contributed by atoms with van der Waals surface area (Å²) in [6.45, 7) is 3.20. The number of aliphatic hydroxyl groups excluding tert-OH is 1. The molecule has 0 bridgehead atoms. The second kappa shape index (κ2) is 7.80. The number of hydrogen-bond donors (Lipinski definition) is 6. The third kappa shape index (κ3) is 5.15. The number of aliphatic carboxylic acids is 1. The van der Waals surface area contributed by atoms with Gasteiger partial charge in [-0.2, -0.15) is 12.6 Å². The number of nitrogens with one attached hydrogen (secondary N) is 3. The summed E-state index contributed by atoms with van der Waals surface area (Å²) in [6, 6.07) is -2.84. The first-order valence-electron chi connectivity index (χ1n) is 7.07. The van der Waals surface area contributed by atoms with Crippen molar-refractivity contribution < 1.29 is 24.6 Å². The molecule has 0 spiro atoms. The van der Waals surface area contributed by atoms with Crippen LogP contribution in [-0.2, 0) is 14.4 Å². The molecular weight excluding hydrogens is 310 g/mol. The fourth-order valence-corrected chi connectivity index (χ4v) is 2.33. The SMILES string of the molecule is CC(C)(S)[C@H](NC(=O)[C@H](CO)NC(=O)[C@@H]1CCCN1)C(=O)O. The monoisotopic (exact) mass is 333 g/mol. The quantitative estimate of drug-likeness (QED) is 0.315. The molecule has 0 aromatic heterocycles. The Kier molecular flexibility index (Phi) is 6.64. The van der Waals surface area contributed by atoms with E-state index >= 15 is 0 Å². The molecule has 126 valence electrons. The molecule has 0 aromatic rings. The lowest BCUT2D eigenvalue weighted by molar-refractivity contribution is -0.143. The molecule has 0 unspecified atom stereocenters. The van der Waals surface area contributed by atoms with Crippen LogP contribution >= 0.6 is 12.6 Å². The summed E-state index contributed by atoms with van der Waals surface area (Å²) in [5.41, 5.74) is 0. The first kappa shape index (κ1) is 18.7. The predicted molar refractivity (Wildman–Crippen MR) is 82.7 cm³/mol. The molecule has 8 nitrogen and oxygen atoms in total. The van der Waals surface area contributed by atoms with Crippen molar-refractivity contribution >= 4 is 30.4 Å². The average Bonchev–Trinajstić information content (AvgIpc) is 2.93. The summed E-state index contributed by atoms with van der Waals surface area (Å²) in [5, 5.41) is 26.1. The Balaban J connectivity index is 2.66. The van der Waals surface area contributed by atoms with Crippen molar-refractivity contribution in [2.45, 2.75) is 49.6 Å². The molecule has 9 heteroatoms. The van der Waals surface area contributed by atoms with Crippen molar-refractivity contribution in [2.24, 2.45) is 0 Å². The lowest BCUT2D eigenvalue weighted by atomic mass is 10.0. The molecule has 3 atom stereocenters. The molecular formula is C13H23N3O5S. The van der Waals surface area contributed by atoms with Crippen LogP contribution in [0.2, 0.25) is 0 Å². The molecule has 2 amide bonds. The Morgan fingerprint density at radius 2 is 2.00 bits per heavy atom. The zero-order valence-corrected chi connectivity index (χ0v) is 13.5. The van der Waals surface area contributed by atoms with Gasteiger partial charge in [0.1, 0.15) is 12.1 Å². The molecule has 0 aliphatic carbocycles. The molecule has 0 saturated carbocycles. The first-order chi connectivity index (χ1) is 10.2. The van der Waals surface area contributed by atoms with Gasteiger partial charge in [-0.1, -0.05) is 0 Å². The molecule has 0 radical (unpaired) electrons. The van der Waals surface area contributed by atoms with E-state index in [9.17, 15) is 19.5 Å². The van der Waals surface area contributed by atoms with E-state index < -0.39 is 41.4 Å². The second-order valence-corrected chi connectivity index (χ2v) is 6.98. The summed E-state index contributed by atoms with van der Waals surface area (Å²) in [6.07, 6.45) is 1.52. The van der Waals surface area contributed by atoms with Crippen molar-refractivity contribution in [3.8, 4) is 0 Å². The van der Waals surface area contributed by atoms with E-state index in [-0.39, 0.29) is 5.91 Å². The van der Waals surface area contributed by atoms with Gasteiger partial charge in [0.05, 0.1) is 12.6 Å². The maximum absolute atomic E-state index is 12.1. The minimum Gasteiger partial charge on any atom is -0.480 e. The topological polar surface area (TPSA) is 128 Å². The van der Waals surface area contributed by atoms with Crippen molar-refractivity contribution in [3.63, 3.8) is 0 Å². The zero-order chi connectivity index (χ0) is 16.9. The van der Waals surface area contributed by atoms with Crippen molar-refractivity contribution in [2.75, 3.05) is 13.2 Å². The van der Waals surface area contributed by atoms with Crippen molar-refractivity contribution in [1.29, 1.82) is 0 Å². The van der Waals surface area contributed by atoms with Crippen LogP contribution in [0, 0.1) is 0 Å². The van der Waals surface area contributed by atoms with E-state index in [4.69, 9.17) is 5.11 Å². The van der Waals surface area contributed by atoms with E-state index in [0.717, 1.165) is 13.0 Å². The third-order valence-corrected chi connectivity index (χ3v) is 3.69. The van der Waals surface area contributed by atoms with Crippen LogP contribution < -0.4 is 16.0 Å². The van der Waals surface area contributed by atoms with Gasteiger partial charge in [-0.25, -0.2) is 4.79 Å². The summed E-state index contributed by atoms with van der Waals surface area (Å²) in [4.78, 5) is 35.2. The van der Waals surface area contributed by atoms with Crippen LogP contribution in [0.4, 0.5) is 0 Å². The molecule has 5 N–H and O–H groups in total. The van der Waals surface area contributed by atoms with Crippen LogP contribution in [0.5, 0.6) is 0 Å². The Hall–Kier alpha value is -1.32. The van der Waals surface area contributed by atoms with E-state index in [2.05, 4.69) is 28.6 Å². The highest BCUT2D eigenvalue weighted by atomic mass is 32.1. The summed E-state index contributed by atoms with van der Waals surface area (Å²) >= 11 is 4.15. The van der Waals surface area contributed by atoms with Gasteiger partial charge in [0.25, 0.3) is 0 Å². The maximum atomic E-state index is 12.1. The Morgan fingerprint density at radius 3 is 2.41 bits per heavy atom. The van der Waals surface area contributed by atoms with E-state index in [1.807, 2.05) is 0 Å². The van der Waals surface area contributed by atoms with Gasteiger partial charge in [0.15, 0.2) is 0 Å². The van der Waals surface area contributed by atoms with Crippen LogP contribution in [0.3, 0.4) is 0 Å². The summed E-state index contributed by atoms with van der Waals surface area (Å²) < 4.78 is -1.00. The molecule has 1 saturated heterocycles. The second-order valence-electron chi connectivity index (χ2n) is 5.83. The number of hydrogen-bond acceptors (Lipinski definition) is 6. The van der Waals surface area contributed by atoms with Gasteiger partial charge in [-0.3, -0.25) is 9.59 Å². The fraction of sp³-hybridized carbons (Fsp3) is 0.769. The minimum absolute atomic E-state index is 0.385. The Morgan fingerprint density at radius 1 is 1.36 bits per heavy atom. The standard InChI is InChI=1S/C13H23N3O5S/c1-13(2,22)9(12(20)21)16-11(19)8(6-17)15-10(18)7-4-3-5-14-7/h7-9,14,17,22H,3-6H2,1-2H3,(H,15,18)(H,16,19)(H,20,21)/t7-,8-,9+/m0/s1. The molecule has 22 heavy (non-hydrogen) atoms. The number of thiol groups is 1. The lowest BCUT2D eigenvalue weighted by Crippen LogP contribution is -2.59. The smallest absolute Gasteiger partial charge is 0.327 e. The van der Waals surface area contributed by atoms with Crippen LogP contribution in [0.15, 0.2) is 0 Å². The normalized spacial score (nSPS) is 21.0. The van der Waals surface area contributed by atoms with Gasteiger partial charge in [0, 0.05) is 4.75 Å². The Labute approximate surface area is 134 Å². The average molecular weight is 333 g/mol. The summed E-state index contributed by atoms with van der Waals surface area (Å²) in [7, 11) is 0. The van der Waals surface area contributed by atoms with Gasteiger partial charge in [0.2, 0.25) is 11.8 Å². The largest absolute Gasteiger partial charge is 0.480 e. The molecule has 0 aromatic carbocycles. The highest BCUT2D eigenvalue weighted by Gasteiger charge is 2.36. The van der Waals surface area contributed by atoms with Gasteiger partial charge >= 0.3 is 5.97 Å². The van der Waals surface area contributed by atoms with Gasteiger partial charge in [-0.15, -0.1) is 0 Å². The zero-order valence-electron chi connectivity index (χ0n) is 12.6. The number of aliphatic hydroxyl groups is 1. The number of rotatable bonds is 7. The molecule has 1 aliphatic heterocycles. The molecule has 1 aliphatic rings. The van der Waals surface area contributed by atoms with Gasteiger partial charge in [-0.05, 0) is 33.2 Å². The fourth-order valence-electron chi connectivity index (χ4n) is 2.16. The molecule has 1 heterocycles. The van der Waals surface area contributed by atoms with Gasteiger partial charge < -0.3 is 26.2 Å². The number of amides is 2. The number of carboxylic acid groups (broad SMARTS) is 1. The van der Waals surface area contributed by atoms with E-state index in [0.29, 0.717) is 6.42 Å². The molecule has 1 fully saturated rings. The third-order valence-electron chi connectivity index (χ3n) is 3.43.